The molecule has 6 nitrogen and oxygen atoms in total. The number of hydrogen-bond donors (Lipinski definition) is 2. The molecule has 0 radical (unpaired) electrons. The number of nitrogens with zero attached hydrogens (tertiary/aromatic N) is 1. The third-order valence-corrected chi connectivity index (χ3v) is 3.87. The average molecular weight is 283 g/mol. The lowest BCUT2D eigenvalue weighted by Crippen LogP contribution is -2.62. The number of rotatable bonds is 5. The van der Waals surface area contributed by atoms with Crippen LogP contribution in [0.3, 0.4) is 0 Å². The molecule has 2 amide bonds. The normalized spacial score (nSPS) is 25.9. The topological polar surface area (TPSA) is 84.7 Å². The van der Waals surface area contributed by atoms with Crippen LogP contribution in [0.15, 0.2) is 0 Å². The van der Waals surface area contributed by atoms with Crippen molar-refractivity contribution in [1.29, 1.82) is 0 Å². The second-order valence-corrected chi connectivity index (χ2v) is 6.04. The molecule has 0 spiro atoms. The summed E-state index contributed by atoms with van der Waals surface area (Å²) in [6.07, 6.45) is 3.50. The number of amides is 2. The lowest BCUT2D eigenvalue weighted by molar-refractivity contribution is -0.152. The molecule has 0 bridgehead atoms. The molecule has 2 unspecified atom stereocenters. The second kappa shape index (κ2) is 6.10. The summed E-state index contributed by atoms with van der Waals surface area (Å²) in [6.45, 7) is 4.88. The highest BCUT2D eigenvalue weighted by Gasteiger charge is 2.40. The van der Waals surface area contributed by atoms with Crippen LogP contribution in [-0.4, -0.2) is 54.1 Å². The van der Waals surface area contributed by atoms with Crippen LogP contribution in [0, 0.1) is 0 Å². The molecule has 6 heteroatoms. The lowest BCUT2D eigenvalue weighted by atomic mass is 9.94. The Kier molecular flexibility index (Phi) is 4.65. The molecule has 1 aliphatic heterocycles. The zero-order chi connectivity index (χ0) is 14.8. The van der Waals surface area contributed by atoms with Crippen molar-refractivity contribution in [3.8, 4) is 0 Å². The number of morpholine rings is 1. The van der Waals surface area contributed by atoms with Gasteiger partial charge in [-0.25, -0.2) is 0 Å². The number of carbonyl (C=O) groups excluding carboxylic acids is 2. The molecule has 1 saturated carbocycles. The van der Waals surface area contributed by atoms with Gasteiger partial charge in [0, 0.05) is 12.6 Å². The predicted molar refractivity (Wildman–Crippen MR) is 75.0 cm³/mol. The molecule has 2 aliphatic rings. The molecule has 2 rings (SSSR count). The maximum atomic E-state index is 12.6. The van der Waals surface area contributed by atoms with E-state index in [-0.39, 0.29) is 24.5 Å². The molecule has 2 atom stereocenters. The maximum absolute atomic E-state index is 12.6. The van der Waals surface area contributed by atoms with Crippen LogP contribution >= 0.6 is 0 Å². The van der Waals surface area contributed by atoms with Gasteiger partial charge in [-0.15, -0.1) is 0 Å². The Morgan fingerprint density at radius 2 is 2.15 bits per heavy atom. The predicted octanol–water partition coefficient (Wildman–Crippen LogP) is 0.00990. The quantitative estimate of drug-likeness (QED) is 0.744. The number of nitrogens with one attached hydrogen (secondary N) is 1. The van der Waals surface area contributed by atoms with E-state index < -0.39 is 11.6 Å². The van der Waals surface area contributed by atoms with Gasteiger partial charge in [-0.2, -0.15) is 0 Å². The molecule has 20 heavy (non-hydrogen) atoms. The third kappa shape index (κ3) is 3.49. The van der Waals surface area contributed by atoms with Crippen molar-refractivity contribution in [3.05, 3.63) is 0 Å². The van der Waals surface area contributed by atoms with Crippen molar-refractivity contribution in [1.82, 2.24) is 10.2 Å². The Hall–Kier alpha value is -1.14. The Morgan fingerprint density at radius 3 is 2.75 bits per heavy atom. The fourth-order valence-electron chi connectivity index (χ4n) is 2.54. The summed E-state index contributed by atoms with van der Waals surface area (Å²) >= 11 is 0. The summed E-state index contributed by atoms with van der Waals surface area (Å²) in [7, 11) is 0. The van der Waals surface area contributed by atoms with Crippen molar-refractivity contribution in [2.24, 2.45) is 5.73 Å². The minimum absolute atomic E-state index is 0.118. The van der Waals surface area contributed by atoms with E-state index in [0.29, 0.717) is 19.6 Å². The van der Waals surface area contributed by atoms with Gasteiger partial charge < -0.3 is 20.7 Å². The second-order valence-electron chi connectivity index (χ2n) is 6.04. The fourth-order valence-corrected chi connectivity index (χ4v) is 2.54. The van der Waals surface area contributed by atoms with Crippen molar-refractivity contribution < 1.29 is 14.3 Å². The summed E-state index contributed by atoms with van der Waals surface area (Å²) in [6, 6.07) is -0.266. The summed E-state index contributed by atoms with van der Waals surface area (Å²) in [5, 5.41) is 2.94. The molecule has 3 N–H and O–H groups in total. The first-order chi connectivity index (χ1) is 9.45. The van der Waals surface area contributed by atoms with Crippen LogP contribution in [0.1, 0.15) is 39.5 Å². The number of ether oxygens (including phenoxy) is 1. The highest BCUT2D eigenvalue weighted by molar-refractivity contribution is 5.92. The summed E-state index contributed by atoms with van der Waals surface area (Å²) in [5.74, 6) is -0.272. The number of hydrogen-bond acceptors (Lipinski definition) is 4. The van der Waals surface area contributed by atoms with E-state index in [4.69, 9.17) is 10.5 Å². The van der Waals surface area contributed by atoms with Gasteiger partial charge in [0.25, 0.3) is 0 Å². The summed E-state index contributed by atoms with van der Waals surface area (Å²) in [5.41, 5.74) is 5.20. The van der Waals surface area contributed by atoms with Gasteiger partial charge in [0.15, 0.2) is 0 Å². The molecule has 2 fully saturated rings. The Morgan fingerprint density at radius 1 is 1.45 bits per heavy atom. The molecule has 0 aromatic rings. The molecule has 1 heterocycles. The van der Waals surface area contributed by atoms with Gasteiger partial charge in [0.1, 0.15) is 6.04 Å². The molecular formula is C14H25N3O3. The van der Waals surface area contributed by atoms with Crippen molar-refractivity contribution in [2.75, 3.05) is 19.8 Å². The van der Waals surface area contributed by atoms with Crippen LogP contribution < -0.4 is 11.1 Å². The molecule has 0 aromatic carbocycles. The Bertz CT molecular complexity index is 380. The zero-order valence-corrected chi connectivity index (χ0v) is 12.4. The van der Waals surface area contributed by atoms with E-state index in [1.807, 2.05) is 6.92 Å². The van der Waals surface area contributed by atoms with E-state index in [1.165, 1.54) is 0 Å². The van der Waals surface area contributed by atoms with Crippen LogP contribution in [-0.2, 0) is 14.3 Å². The summed E-state index contributed by atoms with van der Waals surface area (Å²) < 4.78 is 5.36. The Labute approximate surface area is 120 Å². The first-order valence-electron chi connectivity index (χ1n) is 7.44. The monoisotopic (exact) mass is 283 g/mol. The maximum Gasteiger partial charge on any atom is 0.245 e. The first kappa shape index (κ1) is 15.3. The fraction of sp³-hybridized carbons (Fsp3) is 0.857. The first-order valence-corrected chi connectivity index (χ1v) is 7.44. The molecule has 114 valence electrons. The van der Waals surface area contributed by atoms with E-state index in [9.17, 15) is 9.59 Å². The number of nitrogens with two attached hydrogens (primary N) is 1. The van der Waals surface area contributed by atoms with E-state index >= 15 is 0 Å². The summed E-state index contributed by atoms with van der Waals surface area (Å²) in [4.78, 5) is 26.4. The third-order valence-electron chi connectivity index (χ3n) is 3.87. The van der Waals surface area contributed by atoms with Gasteiger partial charge in [0.05, 0.1) is 18.8 Å². The Balaban J connectivity index is 2.05. The van der Waals surface area contributed by atoms with Crippen molar-refractivity contribution in [2.45, 2.75) is 57.2 Å². The molecule has 1 aliphatic carbocycles. The average Bonchev–Trinajstić information content (AvgIpc) is 3.21. The van der Waals surface area contributed by atoms with Crippen molar-refractivity contribution in [3.63, 3.8) is 0 Å². The minimum Gasteiger partial charge on any atom is -0.377 e. The highest BCUT2D eigenvalue weighted by atomic mass is 16.5. The van der Waals surface area contributed by atoms with Gasteiger partial charge in [-0.1, -0.05) is 13.3 Å². The van der Waals surface area contributed by atoms with Crippen LogP contribution in [0.5, 0.6) is 0 Å². The van der Waals surface area contributed by atoms with E-state index in [1.54, 1.807) is 11.8 Å². The molecular weight excluding hydrogens is 258 g/mol. The van der Waals surface area contributed by atoms with E-state index in [2.05, 4.69) is 5.32 Å². The van der Waals surface area contributed by atoms with Crippen LogP contribution in [0.25, 0.3) is 0 Å². The van der Waals surface area contributed by atoms with Crippen molar-refractivity contribution >= 4 is 11.8 Å². The van der Waals surface area contributed by atoms with Gasteiger partial charge in [0.2, 0.25) is 11.8 Å². The van der Waals surface area contributed by atoms with Crippen LogP contribution in [0.2, 0.25) is 0 Å². The smallest absolute Gasteiger partial charge is 0.245 e. The lowest BCUT2D eigenvalue weighted by Gasteiger charge is -2.39. The standard InChI is InChI=1S/C14H25N3O3/c1-3-6-14(2,15)13(19)17-7-8-20-9-11(17)12(18)16-10-4-5-10/h10-11H,3-9,15H2,1-2H3,(H,16,18). The largest absolute Gasteiger partial charge is 0.377 e. The van der Waals surface area contributed by atoms with Crippen LogP contribution in [0.4, 0.5) is 0 Å². The van der Waals surface area contributed by atoms with Gasteiger partial charge in [-0.05, 0) is 26.2 Å². The zero-order valence-electron chi connectivity index (χ0n) is 12.4. The van der Waals surface area contributed by atoms with Gasteiger partial charge >= 0.3 is 0 Å². The molecule has 0 aromatic heterocycles. The van der Waals surface area contributed by atoms with Gasteiger partial charge in [-0.3, -0.25) is 9.59 Å². The van der Waals surface area contributed by atoms with E-state index in [0.717, 1.165) is 19.3 Å². The highest BCUT2D eigenvalue weighted by Crippen LogP contribution is 2.21. The SMILES string of the molecule is CCCC(C)(N)C(=O)N1CCOCC1C(=O)NC1CC1. The minimum atomic E-state index is -0.912. The molecule has 1 saturated heterocycles. The number of carbonyl (C=O) groups is 2.